The fourth-order valence-electron chi connectivity index (χ4n) is 4.88. The first-order valence-corrected chi connectivity index (χ1v) is 13.4. The lowest BCUT2D eigenvalue weighted by Gasteiger charge is -2.41. The van der Waals surface area contributed by atoms with Crippen LogP contribution in [0.15, 0.2) is 48.7 Å². The molecule has 0 radical (unpaired) electrons. The predicted molar refractivity (Wildman–Crippen MR) is 146 cm³/mol. The topological polar surface area (TPSA) is 89.7 Å². The summed E-state index contributed by atoms with van der Waals surface area (Å²) in [5, 5.41) is 18.5. The smallest absolute Gasteiger partial charge is 0.312 e. The van der Waals surface area contributed by atoms with Crippen LogP contribution in [0.25, 0.3) is 0 Å². The fourth-order valence-corrected chi connectivity index (χ4v) is 4.88. The average Bonchev–Trinajstić information content (AvgIpc) is 3.29. The molecule has 1 N–H and O–H groups in total. The van der Waals surface area contributed by atoms with E-state index in [1.54, 1.807) is 18.5 Å². The number of benzene rings is 2. The lowest BCUT2D eigenvalue weighted by molar-refractivity contribution is -0.177. The molecule has 8 heteroatoms. The van der Waals surface area contributed by atoms with Gasteiger partial charge in [0, 0.05) is 31.7 Å². The van der Waals surface area contributed by atoms with Gasteiger partial charge in [-0.25, -0.2) is 0 Å². The number of nitrogens with zero attached hydrogens (tertiary/aromatic N) is 4. The number of aromatic nitrogens is 3. The van der Waals surface area contributed by atoms with Crippen molar-refractivity contribution in [2.24, 2.45) is 5.41 Å². The van der Waals surface area contributed by atoms with Crippen LogP contribution in [-0.2, 0) is 41.4 Å². The van der Waals surface area contributed by atoms with E-state index in [0.29, 0.717) is 12.2 Å². The first kappa shape index (κ1) is 27.8. The molecular weight excluding hydrogens is 480 g/mol. The Morgan fingerprint density at radius 1 is 1.18 bits per heavy atom. The van der Waals surface area contributed by atoms with E-state index in [2.05, 4.69) is 47.3 Å². The molecule has 0 spiro atoms. The van der Waals surface area contributed by atoms with Crippen LogP contribution in [0.1, 0.15) is 69.0 Å². The van der Waals surface area contributed by atoms with Crippen molar-refractivity contribution in [3.8, 4) is 5.75 Å². The Morgan fingerprint density at radius 2 is 1.95 bits per heavy atom. The third-order valence-electron chi connectivity index (χ3n) is 8.02. The number of carboxylic acid groups (broad SMARTS) is 1. The maximum atomic E-state index is 12.5. The summed E-state index contributed by atoms with van der Waals surface area (Å²) < 4.78 is 14.5. The number of hydrogen-bond acceptors (Lipinski definition) is 6. The van der Waals surface area contributed by atoms with Crippen molar-refractivity contribution in [3.05, 3.63) is 76.6 Å². The second-order valence-electron chi connectivity index (χ2n) is 10.9. The van der Waals surface area contributed by atoms with E-state index in [9.17, 15) is 9.90 Å². The number of para-hydroxylation sites is 1. The van der Waals surface area contributed by atoms with Gasteiger partial charge in [-0.1, -0.05) is 48.5 Å². The van der Waals surface area contributed by atoms with Crippen molar-refractivity contribution >= 4 is 5.97 Å². The third-order valence-corrected chi connectivity index (χ3v) is 8.02. The molecule has 3 aromatic rings. The number of ether oxygens (including phenoxy) is 2. The summed E-state index contributed by atoms with van der Waals surface area (Å²) in [6, 6.07) is 14.4. The van der Waals surface area contributed by atoms with E-state index < -0.39 is 17.0 Å². The number of aliphatic carboxylic acids is 1. The van der Waals surface area contributed by atoms with Crippen LogP contribution in [0, 0.1) is 12.3 Å². The van der Waals surface area contributed by atoms with Gasteiger partial charge in [-0.05, 0) is 63.8 Å². The minimum atomic E-state index is -1.21. The molecule has 2 heterocycles. The molecule has 1 aliphatic rings. The maximum Gasteiger partial charge on any atom is 0.312 e. The van der Waals surface area contributed by atoms with Gasteiger partial charge in [0.2, 0.25) is 0 Å². The van der Waals surface area contributed by atoms with Crippen LogP contribution < -0.4 is 4.74 Å². The molecule has 0 aliphatic carbocycles. The van der Waals surface area contributed by atoms with E-state index >= 15 is 0 Å². The highest BCUT2D eigenvalue weighted by Gasteiger charge is 2.49. The molecule has 0 bridgehead atoms. The molecule has 0 fully saturated rings. The lowest BCUT2D eigenvalue weighted by Crippen LogP contribution is -2.47. The molecule has 0 saturated heterocycles. The Labute approximate surface area is 225 Å². The Hall–Kier alpha value is -3.23. The van der Waals surface area contributed by atoms with Gasteiger partial charge in [-0.3, -0.25) is 14.4 Å². The summed E-state index contributed by atoms with van der Waals surface area (Å²) in [4.78, 5) is 14.9. The molecule has 2 atom stereocenters. The first-order valence-electron chi connectivity index (χ1n) is 13.4. The van der Waals surface area contributed by atoms with Crippen molar-refractivity contribution < 1.29 is 19.4 Å². The van der Waals surface area contributed by atoms with Gasteiger partial charge in [-0.2, -0.15) is 0 Å². The quantitative estimate of drug-likeness (QED) is 0.387. The minimum Gasteiger partial charge on any atom is -0.489 e. The van der Waals surface area contributed by atoms with E-state index in [-0.39, 0.29) is 12.7 Å². The molecule has 204 valence electrons. The van der Waals surface area contributed by atoms with Gasteiger partial charge in [0.15, 0.2) is 0 Å². The highest BCUT2D eigenvalue weighted by molar-refractivity contribution is 5.75. The predicted octanol–water partition coefficient (Wildman–Crippen LogP) is 5.32. The Kier molecular flexibility index (Phi) is 8.23. The summed E-state index contributed by atoms with van der Waals surface area (Å²) in [5.74, 6) is 0.0305. The summed E-state index contributed by atoms with van der Waals surface area (Å²) in [7, 11) is 0. The zero-order valence-electron chi connectivity index (χ0n) is 23.4. The Bertz CT molecular complexity index is 1270. The van der Waals surface area contributed by atoms with Crippen LogP contribution in [0.5, 0.6) is 5.75 Å². The maximum absolute atomic E-state index is 12.5. The van der Waals surface area contributed by atoms with Gasteiger partial charge < -0.3 is 14.6 Å². The van der Waals surface area contributed by atoms with Crippen molar-refractivity contribution in [3.63, 3.8) is 0 Å². The monoisotopic (exact) mass is 520 g/mol. The number of rotatable bonds is 10. The van der Waals surface area contributed by atoms with E-state index in [4.69, 9.17) is 9.47 Å². The SMILES string of the molecule is CC[C@@H]1CN(Cc2cc([C@](C)(OCc3cn(CC)nn3)C(C)(C)C(=O)O)ccc2C)Cc2ccccc2O1. The van der Waals surface area contributed by atoms with Gasteiger partial charge in [0.05, 0.1) is 18.2 Å². The van der Waals surface area contributed by atoms with Crippen molar-refractivity contribution in [1.82, 2.24) is 19.9 Å². The molecule has 0 saturated carbocycles. The van der Waals surface area contributed by atoms with Crippen molar-refractivity contribution in [2.75, 3.05) is 6.54 Å². The van der Waals surface area contributed by atoms with Crippen molar-refractivity contribution in [2.45, 2.75) is 85.9 Å². The molecule has 0 unspecified atom stereocenters. The molecule has 0 amide bonds. The highest BCUT2D eigenvalue weighted by atomic mass is 16.5. The molecule has 4 rings (SSSR count). The van der Waals surface area contributed by atoms with Gasteiger partial charge >= 0.3 is 5.97 Å². The van der Waals surface area contributed by atoms with Crippen LogP contribution in [0.2, 0.25) is 0 Å². The molecule has 8 nitrogen and oxygen atoms in total. The Balaban J connectivity index is 1.65. The van der Waals surface area contributed by atoms with Crippen LogP contribution in [0.4, 0.5) is 0 Å². The van der Waals surface area contributed by atoms with Gasteiger partial charge in [0.1, 0.15) is 23.1 Å². The second kappa shape index (κ2) is 11.3. The van der Waals surface area contributed by atoms with Crippen molar-refractivity contribution in [1.29, 1.82) is 0 Å². The van der Waals surface area contributed by atoms with Crippen LogP contribution in [-0.4, -0.2) is 43.6 Å². The van der Waals surface area contributed by atoms with Crippen LogP contribution >= 0.6 is 0 Å². The lowest BCUT2D eigenvalue weighted by atomic mass is 9.71. The largest absolute Gasteiger partial charge is 0.489 e. The normalized spacial score (nSPS) is 17.8. The number of fused-ring (bicyclic) bond motifs is 1. The number of carbonyl (C=O) groups is 1. The standard InChI is InChI=1S/C30H40N4O4/c1-7-26-19-33(16-22-11-9-10-12-27(22)38-26)17-23-15-24(14-13-21(23)3)30(6,29(4,5)28(35)36)37-20-25-18-34(8-2)32-31-25/h9-15,18,26H,7-8,16-17,19-20H2,1-6H3,(H,35,36)/t26-,30+/m1/s1. The van der Waals surface area contributed by atoms with E-state index in [1.165, 1.54) is 5.56 Å². The second-order valence-corrected chi connectivity index (χ2v) is 10.9. The minimum absolute atomic E-state index is 0.109. The van der Waals surface area contributed by atoms with Crippen LogP contribution in [0.3, 0.4) is 0 Å². The summed E-state index contributed by atoms with van der Waals surface area (Å²) in [6.07, 6.45) is 2.86. The summed E-state index contributed by atoms with van der Waals surface area (Å²) in [6.45, 7) is 14.7. The Morgan fingerprint density at radius 3 is 2.63 bits per heavy atom. The summed E-state index contributed by atoms with van der Waals surface area (Å²) in [5.41, 5.74) is 2.65. The molecule has 1 aromatic heterocycles. The highest BCUT2D eigenvalue weighted by Crippen LogP contribution is 2.44. The number of hydrogen-bond donors (Lipinski definition) is 1. The van der Waals surface area contributed by atoms with Gasteiger partial charge in [-0.15, -0.1) is 5.10 Å². The van der Waals surface area contributed by atoms with E-state index in [1.807, 2.05) is 44.3 Å². The summed E-state index contributed by atoms with van der Waals surface area (Å²) >= 11 is 0. The molecule has 2 aromatic carbocycles. The molecular formula is C30H40N4O4. The van der Waals surface area contributed by atoms with Gasteiger partial charge in [0.25, 0.3) is 0 Å². The van der Waals surface area contributed by atoms with E-state index in [0.717, 1.165) is 48.5 Å². The fraction of sp³-hybridized carbons (Fsp3) is 0.500. The molecule has 1 aliphatic heterocycles. The number of carboxylic acids is 1. The average molecular weight is 521 g/mol. The zero-order chi connectivity index (χ0) is 27.5. The molecule has 38 heavy (non-hydrogen) atoms. The first-order chi connectivity index (χ1) is 18.1. The third kappa shape index (κ3) is 5.61. The number of aryl methyl sites for hydroxylation is 2. The zero-order valence-corrected chi connectivity index (χ0v) is 23.4.